The predicted molar refractivity (Wildman–Crippen MR) is 89.9 cm³/mol. The Hall–Kier alpha value is -1.26. The maximum Gasteiger partial charge on any atom is 0.137 e. The molecule has 3 nitrogen and oxygen atoms in total. The van der Waals surface area contributed by atoms with E-state index in [0.29, 0.717) is 24.7 Å². The lowest BCUT2D eigenvalue weighted by atomic mass is 10.2. The molecule has 0 bridgehead atoms. The number of unbranched alkanes of at least 4 members (excludes halogenated alkanes) is 2. The first-order valence-corrected chi connectivity index (χ1v) is 7.93. The van der Waals surface area contributed by atoms with Gasteiger partial charge >= 0.3 is 0 Å². The third-order valence-corrected chi connectivity index (χ3v) is 3.65. The fraction of sp³-hybridized carbons (Fsp3) is 0.412. The monoisotopic (exact) mass is 354 g/mol. The average Bonchev–Trinajstić information content (AvgIpc) is 2.50. The molecule has 0 aromatic heterocycles. The van der Waals surface area contributed by atoms with Crippen molar-refractivity contribution in [3.05, 3.63) is 47.5 Å². The second kappa shape index (κ2) is 10.5. The lowest BCUT2D eigenvalue weighted by Crippen LogP contribution is -2.02. The van der Waals surface area contributed by atoms with E-state index < -0.39 is 0 Å². The van der Waals surface area contributed by atoms with Gasteiger partial charge < -0.3 is 14.6 Å². The molecule has 0 aliphatic heterocycles. The van der Waals surface area contributed by atoms with Crippen LogP contribution >= 0.6 is 15.9 Å². The molecule has 21 heavy (non-hydrogen) atoms. The fourth-order valence-corrected chi connectivity index (χ4v) is 2.21. The Morgan fingerprint density at radius 3 is 1.86 bits per heavy atom. The minimum atomic E-state index is -0.0423. The molecule has 116 valence electrons. The van der Waals surface area contributed by atoms with Crippen LogP contribution < -0.4 is 9.47 Å². The molecule has 0 amide bonds. The quantitative estimate of drug-likeness (QED) is 0.465. The molecular weight excluding hydrogens is 332 g/mol. The van der Waals surface area contributed by atoms with Crippen molar-refractivity contribution in [2.75, 3.05) is 13.2 Å². The summed E-state index contributed by atoms with van der Waals surface area (Å²) >= 11 is 3.51. The summed E-state index contributed by atoms with van der Waals surface area (Å²) in [5.41, 5.74) is 0.774. The van der Waals surface area contributed by atoms with Crippen LogP contribution in [0.2, 0.25) is 0 Å². The fourth-order valence-electron chi connectivity index (χ4n) is 1.75. The van der Waals surface area contributed by atoms with E-state index in [-0.39, 0.29) is 6.61 Å². The normalized spacial score (nSPS) is 10.2. The molecule has 0 saturated heterocycles. The van der Waals surface area contributed by atoms with E-state index in [1.54, 1.807) is 0 Å². The third-order valence-electron chi connectivity index (χ3n) is 2.87. The van der Waals surface area contributed by atoms with E-state index in [0.717, 1.165) is 35.7 Å². The average molecular weight is 355 g/mol. The molecule has 1 rings (SSSR count). The standard InChI is InChI=1S/C17H23BrO3/c1-3-5-7-9-20-15-11-14(13-19)12-16(17(15)18)21-10-8-6-4-2/h3-4,11-12,19H,1-2,5-10,13H2. The van der Waals surface area contributed by atoms with Gasteiger partial charge in [0.2, 0.25) is 0 Å². The van der Waals surface area contributed by atoms with Crippen LogP contribution in [0.1, 0.15) is 31.2 Å². The highest BCUT2D eigenvalue weighted by Crippen LogP contribution is 2.36. The van der Waals surface area contributed by atoms with Crippen molar-refractivity contribution >= 4 is 15.9 Å². The molecule has 1 aromatic carbocycles. The number of aliphatic hydroxyl groups is 1. The van der Waals surface area contributed by atoms with Gasteiger partial charge in [0.15, 0.2) is 0 Å². The first kappa shape index (κ1) is 17.8. The van der Waals surface area contributed by atoms with Gasteiger partial charge in [0.25, 0.3) is 0 Å². The molecule has 4 heteroatoms. The minimum absolute atomic E-state index is 0.0423. The number of rotatable bonds is 11. The zero-order valence-corrected chi connectivity index (χ0v) is 13.9. The molecule has 1 aromatic rings. The van der Waals surface area contributed by atoms with Crippen molar-refractivity contribution in [1.82, 2.24) is 0 Å². The largest absolute Gasteiger partial charge is 0.492 e. The number of hydrogen-bond acceptors (Lipinski definition) is 3. The Morgan fingerprint density at radius 1 is 1.00 bits per heavy atom. The molecule has 0 unspecified atom stereocenters. The molecule has 0 atom stereocenters. The second-order valence-electron chi connectivity index (χ2n) is 4.62. The van der Waals surface area contributed by atoms with Gasteiger partial charge in [-0.25, -0.2) is 0 Å². The smallest absolute Gasteiger partial charge is 0.137 e. The Kier molecular flexibility index (Phi) is 8.87. The van der Waals surface area contributed by atoms with Crippen LogP contribution in [-0.2, 0) is 6.61 Å². The maximum absolute atomic E-state index is 9.34. The van der Waals surface area contributed by atoms with Gasteiger partial charge in [-0.1, -0.05) is 12.2 Å². The molecule has 0 radical (unpaired) electrons. The van der Waals surface area contributed by atoms with E-state index >= 15 is 0 Å². The summed E-state index contributed by atoms with van der Waals surface area (Å²) in [4.78, 5) is 0. The van der Waals surface area contributed by atoms with Crippen molar-refractivity contribution in [2.45, 2.75) is 32.3 Å². The van der Waals surface area contributed by atoms with Gasteiger partial charge in [0, 0.05) is 0 Å². The molecule has 0 saturated carbocycles. The van der Waals surface area contributed by atoms with Crippen LogP contribution in [0.15, 0.2) is 41.9 Å². The zero-order chi connectivity index (χ0) is 15.5. The van der Waals surface area contributed by atoms with Crippen LogP contribution in [0.5, 0.6) is 11.5 Å². The Bertz CT molecular complexity index is 420. The molecular formula is C17H23BrO3. The van der Waals surface area contributed by atoms with Crippen LogP contribution in [0.3, 0.4) is 0 Å². The Morgan fingerprint density at radius 2 is 1.48 bits per heavy atom. The Labute approximate surface area is 135 Å². The maximum atomic E-state index is 9.34. The van der Waals surface area contributed by atoms with Crippen LogP contribution in [0.25, 0.3) is 0 Å². The van der Waals surface area contributed by atoms with Crippen LogP contribution in [-0.4, -0.2) is 18.3 Å². The molecule has 0 aliphatic rings. The number of hydrogen-bond donors (Lipinski definition) is 1. The highest BCUT2D eigenvalue weighted by atomic mass is 79.9. The summed E-state index contributed by atoms with van der Waals surface area (Å²) in [6.07, 6.45) is 7.40. The van der Waals surface area contributed by atoms with Gasteiger partial charge in [0.1, 0.15) is 16.0 Å². The van der Waals surface area contributed by atoms with E-state index in [9.17, 15) is 5.11 Å². The molecule has 0 heterocycles. The zero-order valence-electron chi connectivity index (χ0n) is 12.3. The number of benzene rings is 1. The topological polar surface area (TPSA) is 38.7 Å². The van der Waals surface area contributed by atoms with Crippen molar-refractivity contribution < 1.29 is 14.6 Å². The summed E-state index contributed by atoms with van der Waals surface area (Å²) in [7, 11) is 0. The van der Waals surface area contributed by atoms with Crippen molar-refractivity contribution in [3.8, 4) is 11.5 Å². The molecule has 0 fully saturated rings. The number of allylic oxidation sites excluding steroid dienone is 2. The summed E-state index contributed by atoms with van der Waals surface area (Å²) in [5, 5.41) is 9.34. The summed E-state index contributed by atoms with van der Waals surface area (Å²) in [6.45, 7) is 8.55. The van der Waals surface area contributed by atoms with Crippen molar-refractivity contribution in [1.29, 1.82) is 0 Å². The summed E-state index contributed by atoms with van der Waals surface area (Å²) in [5.74, 6) is 1.40. The van der Waals surface area contributed by atoms with Crippen LogP contribution in [0, 0.1) is 0 Å². The third kappa shape index (κ3) is 6.36. The lowest BCUT2D eigenvalue weighted by molar-refractivity contribution is 0.272. The van der Waals surface area contributed by atoms with E-state index in [2.05, 4.69) is 29.1 Å². The van der Waals surface area contributed by atoms with Crippen LogP contribution in [0.4, 0.5) is 0 Å². The predicted octanol–water partition coefficient (Wildman–Crippen LogP) is 4.63. The van der Waals surface area contributed by atoms with Crippen molar-refractivity contribution in [2.24, 2.45) is 0 Å². The van der Waals surface area contributed by atoms with Gasteiger partial charge in [-0.15, -0.1) is 13.2 Å². The number of halogens is 1. The number of ether oxygens (including phenoxy) is 2. The minimum Gasteiger partial charge on any atom is -0.492 e. The summed E-state index contributed by atoms with van der Waals surface area (Å²) in [6, 6.07) is 3.66. The summed E-state index contributed by atoms with van der Waals surface area (Å²) < 4.78 is 12.3. The van der Waals surface area contributed by atoms with Gasteiger partial charge in [-0.05, 0) is 59.3 Å². The van der Waals surface area contributed by atoms with E-state index in [4.69, 9.17) is 9.47 Å². The first-order chi connectivity index (χ1) is 10.2. The van der Waals surface area contributed by atoms with E-state index in [1.807, 2.05) is 24.3 Å². The van der Waals surface area contributed by atoms with Crippen molar-refractivity contribution in [3.63, 3.8) is 0 Å². The highest BCUT2D eigenvalue weighted by molar-refractivity contribution is 9.10. The van der Waals surface area contributed by atoms with E-state index in [1.165, 1.54) is 0 Å². The van der Waals surface area contributed by atoms with Gasteiger partial charge in [0.05, 0.1) is 19.8 Å². The first-order valence-electron chi connectivity index (χ1n) is 7.13. The molecule has 0 spiro atoms. The molecule has 0 aliphatic carbocycles. The van der Waals surface area contributed by atoms with Gasteiger partial charge in [-0.3, -0.25) is 0 Å². The second-order valence-corrected chi connectivity index (χ2v) is 5.42. The van der Waals surface area contributed by atoms with Gasteiger partial charge in [-0.2, -0.15) is 0 Å². The Balaban J connectivity index is 2.72. The molecule has 1 N–H and O–H groups in total. The SMILES string of the molecule is C=CCCCOc1cc(CO)cc(OCCCC=C)c1Br. The lowest BCUT2D eigenvalue weighted by Gasteiger charge is -2.14. The number of aliphatic hydroxyl groups excluding tert-OH is 1. The highest BCUT2D eigenvalue weighted by Gasteiger charge is 2.11.